The Kier molecular flexibility index (Phi) is 3.21. The van der Waals surface area contributed by atoms with Gasteiger partial charge < -0.3 is 4.74 Å². The van der Waals surface area contributed by atoms with E-state index in [9.17, 15) is 18.8 Å². The Labute approximate surface area is 124 Å². The molecule has 6 heteroatoms. The highest BCUT2D eigenvalue weighted by Crippen LogP contribution is 2.29. The molecule has 0 fully saturated rings. The van der Waals surface area contributed by atoms with E-state index in [1.807, 2.05) is 0 Å². The fourth-order valence-electron chi connectivity index (χ4n) is 2.34. The van der Waals surface area contributed by atoms with Crippen LogP contribution < -0.4 is 4.90 Å². The van der Waals surface area contributed by atoms with Crippen molar-refractivity contribution in [1.82, 2.24) is 0 Å². The number of hydrogen-bond donors (Lipinski definition) is 0. The van der Waals surface area contributed by atoms with E-state index in [4.69, 9.17) is 0 Å². The molecule has 0 spiro atoms. The third-order valence-electron chi connectivity index (χ3n) is 3.41. The molecule has 22 heavy (non-hydrogen) atoms. The van der Waals surface area contributed by atoms with Crippen molar-refractivity contribution in [2.24, 2.45) is 0 Å². The van der Waals surface area contributed by atoms with Crippen LogP contribution in [0, 0.1) is 5.82 Å². The first-order valence-electron chi connectivity index (χ1n) is 6.40. The van der Waals surface area contributed by atoms with Gasteiger partial charge in [0.25, 0.3) is 11.8 Å². The van der Waals surface area contributed by atoms with Crippen molar-refractivity contribution in [2.75, 3.05) is 12.0 Å². The molecule has 0 aromatic heterocycles. The zero-order valence-electron chi connectivity index (χ0n) is 11.5. The Bertz CT molecular complexity index is 781. The van der Waals surface area contributed by atoms with E-state index in [2.05, 4.69) is 4.74 Å². The van der Waals surface area contributed by atoms with Gasteiger partial charge in [0.1, 0.15) is 5.82 Å². The van der Waals surface area contributed by atoms with Crippen LogP contribution >= 0.6 is 0 Å². The summed E-state index contributed by atoms with van der Waals surface area (Å²) >= 11 is 0. The predicted molar refractivity (Wildman–Crippen MR) is 75.3 cm³/mol. The smallest absolute Gasteiger partial charge is 0.340 e. The summed E-state index contributed by atoms with van der Waals surface area (Å²) in [5.74, 6) is -2.73. The average Bonchev–Trinajstić information content (AvgIpc) is 2.78. The topological polar surface area (TPSA) is 63.7 Å². The highest BCUT2D eigenvalue weighted by Gasteiger charge is 2.36. The summed E-state index contributed by atoms with van der Waals surface area (Å²) in [5, 5.41) is 0. The van der Waals surface area contributed by atoms with Crippen LogP contribution in [0.4, 0.5) is 10.1 Å². The number of carbonyl (C=O) groups is 3. The summed E-state index contributed by atoms with van der Waals surface area (Å²) in [4.78, 5) is 36.8. The molecule has 0 saturated heterocycles. The molecular formula is C16H10FNO4. The van der Waals surface area contributed by atoms with Gasteiger partial charge in [-0.15, -0.1) is 0 Å². The van der Waals surface area contributed by atoms with Crippen molar-refractivity contribution < 1.29 is 23.5 Å². The number of rotatable bonds is 2. The third kappa shape index (κ3) is 1.96. The predicted octanol–water partition coefficient (Wildman–Crippen LogP) is 2.41. The van der Waals surface area contributed by atoms with Crippen LogP contribution in [0.5, 0.6) is 0 Å². The highest BCUT2D eigenvalue weighted by atomic mass is 19.1. The van der Waals surface area contributed by atoms with Crippen molar-refractivity contribution in [3.63, 3.8) is 0 Å². The van der Waals surface area contributed by atoms with Crippen molar-refractivity contribution in [3.05, 3.63) is 65.0 Å². The van der Waals surface area contributed by atoms with E-state index >= 15 is 0 Å². The first kappa shape index (κ1) is 13.9. The number of carbonyl (C=O) groups excluding carboxylic acids is 3. The van der Waals surface area contributed by atoms with Crippen LogP contribution in [0.1, 0.15) is 31.1 Å². The van der Waals surface area contributed by atoms with Gasteiger partial charge in [0.15, 0.2) is 0 Å². The van der Waals surface area contributed by atoms with Crippen LogP contribution in [0.25, 0.3) is 0 Å². The van der Waals surface area contributed by atoms with Crippen molar-refractivity contribution in [2.45, 2.75) is 0 Å². The van der Waals surface area contributed by atoms with Gasteiger partial charge in [0.05, 0.1) is 29.5 Å². The Hall–Kier alpha value is -3.02. The number of benzene rings is 2. The number of nitrogens with zero attached hydrogens (tertiary/aromatic N) is 1. The van der Waals surface area contributed by atoms with E-state index < -0.39 is 23.6 Å². The van der Waals surface area contributed by atoms with Gasteiger partial charge in [-0.3, -0.25) is 9.59 Å². The molecule has 0 bridgehead atoms. The van der Waals surface area contributed by atoms with Gasteiger partial charge in [-0.05, 0) is 30.3 Å². The van der Waals surface area contributed by atoms with Gasteiger partial charge in [-0.2, -0.15) is 0 Å². The Morgan fingerprint density at radius 2 is 1.64 bits per heavy atom. The summed E-state index contributed by atoms with van der Waals surface area (Å²) in [5.41, 5.74) is 0.342. The molecule has 0 radical (unpaired) electrons. The van der Waals surface area contributed by atoms with Gasteiger partial charge in [-0.25, -0.2) is 14.1 Å². The lowest BCUT2D eigenvalue weighted by Crippen LogP contribution is -2.29. The zero-order valence-corrected chi connectivity index (χ0v) is 11.5. The Morgan fingerprint density at radius 1 is 1.05 bits per heavy atom. The maximum atomic E-state index is 14.0. The minimum atomic E-state index is -0.860. The number of ether oxygens (including phenoxy) is 1. The van der Waals surface area contributed by atoms with Crippen LogP contribution in [0.15, 0.2) is 42.5 Å². The highest BCUT2D eigenvalue weighted by molar-refractivity contribution is 6.34. The number of esters is 1. The second-order valence-corrected chi connectivity index (χ2v) is 4.65. The summed E-state index contributed by atoms with van der Waals surface area (Å²) in [6.07, 6.45) is 0. The molecule has 0 aliphatic carbocycles. The van der Waals surface area contributed by atoms with Gasteiger partial charge in [0, 0.05) is 0 Å². The fourth-order valence-corrected chi connectivity index (χ4v) is 2.34. The minimum Gasteiger partial charge on any atom is -0.465 e. The van der Waals surface area contributed by atoms with E-state index in [-0.39, 0.29) is 22.4 Å². The van der Waals surface area contributed by atoms with E-state index in [1.165, 1.54) is 24.3 Å². The molecule has 1 heterocycles. The molecule has 2 aromatic carbocycles. The van der Waals surface area contributed by atoms with E-state index in [1.54, 1.807) is 12.1 Å². The summed E-state index contributed by atoms with van der Waals surface area (Å²) in [7, 11) is 1.14. The molecule has 2 amide bonds. The van der Waals surface area contributed by atoms with Crippen molar-refractivity contribution >= 4 is 23.5 Å². The van der Waals surface area contributed by atoms with Gasteiger partial charge >= 0.3 is 5.97 Å². The second kappa shape index (κ2) is 5.07. The minimum absolute atomic E-state index is 0.0661. The lowest BCUT2D eigenvalue weighted by atomic mass is 10.1. The molecule has 0 saturated carbocycles. The first-order chi connectivity index (χ1) is 10.5. The quantitative estimate of drug-likeness (QED) is 0.631. The van der Waals surface area contributed by atoms with Crippen LogP contribution in [0.2, 0.25) is 0 Å². The average molecular weight is 299 g/mol. The molecular weight excluding hydrogens is 289 g/mol. The molecule has 110 valence electrons. The van der Waals surface area contributed by atoms with Crippen molar-refractivity contribution in [1.29, 1.82) is 0 Å². The Morgan fingerprint density at radius 3 is 2.14 bits per heavy atom. The van der Waals surface area contributed by atoms with Gasteiger partial charge in [0.2, 0.25) is 0 Å². The summed E-state index contributed by atoms with van der Waals surface area (Å²) in [6.45, 7) is 0. The van der Waals surface area contributed by atoms with E-state index in [0.29, 0.717) is 0 Å². The molecule has 5 nitrogen and oxygen atoms in total. The number of imide groups is 1. The third-order valence-corrected chi connectivity index (χ3v) is 3.41. The maximum Gasteiger partial charge on any atom is 0.340 e. The van der Waals surface area contributed by atoms with Crippen LogP contribution in [-0.4, -0.2) is 24.9 Å². The zero-order chi connectivity index (χ0) is 15.9. The molecule has 3 rings (SSSR count). The molecule has 0 N–H and O–H groups in total. The SMILES string of the molecule is COC(=O)c1ccc(N2C(=O)c3ccccc3C2=O)cc1F. The number of anilines is 1. The normalized spacial score (nSPS) is 13.3. The summed E-state index contributed by atoms with van der Waals surface area (Å²) < 4.78 is 18.4. The maximum absolute atomic E-state index is 14.0. The number of amides is 2. The number of hydrogen-bond acceptors (Lipinski definition) is 4. The lowest BCUT2D eigenvalue weighted by molar-refractivity contribution is 0.0595. The second-order valence-electron chi connectivity index (χ2n) is 4.65. The first-order valence-corrected chi connectivity index (χ1v) is 6.40. The molecule has 0 atom stereocenters. The number of halogens is 1. The van der Waals surface area contributed by atoms with Gasteiger partial charge in [-0.1, -0.05) is 12.1 Å². The molecule has 1 aliphatic heterocycles. The number of fused-ring (bicyclic) bond motifs is 1. The molecule has 2 aromatic rings. The lowest BCUT2D eigenvalue weighted by Gasteiger charge is -2.14. The van der Waals surface area contributed by atoms with Crippen LogP contribution in [0.3, 0.4) is 0 Å². The van der Waals surface area contributed by atoms with Crippen LogP contribution in [-0.2, 0) is 4.74 Å². The molecule has 1 aliphatic rings. The van der Waals surface area contributed by atoms with Crippen molar-refractivity contribution in [3.8, 4) is 0 Å². The standard InChI is InChI=1S/C16H10FNO4/c1-22-16(21)12-7-6-9(8-13(12)17)18-14(19)10-4-2-3-5-11(10)15(18)20/h2-8H,1H3. The molecule has 0 unspecified atom stereocenters. The largest absolute Gasteiger partial charge is 0.465 e. The monoisotopic (exact) mass is 299 g/mol. The number of methoxy groups -OCH3 is 1. The summed E-state index contributed by atoms with van der Waals surface area (Å²) in [6, 6.07) is 9.84. The fraction of sp³-hybridized carbons (Fsp3) is 0.0625. The Balaban J connectivity index is 2.03. The van der Waals surface area contributed by atoms with E-state index in [0.717, 1.165) is 18.1 Å².